The highest BCUT2D eigenvalue weighted by Gasteiger charge is 2.35. The monoisotopic (exact) mass is 295 g/mol. The third-order valence-electron chi connectivity index (χ3n) is 4.96. The molecule has 1 heteroatoms. The molecule has 0 amide bonds. The first-order valence-corrected chi connectivity index (χ1v) is 9.37. The van der Waals surface area contributed by atoms with Crippen molar-refractivity contribution in [2.24, 2.45) is 5.41 Å². The lowest BCUT2D eigenvalue weighted by atomic mass is 9.71. The van der Waals surface area contributed by atoms with E-state index in [1.807, 2.05) is 0 Å². The summed E-state index contributed by atoms with van der Waals surface area (Å²) in [5.74, 6) is 0. The molecule has 0 spiro atoms. The topological polar surface area (TPSA) is 3.24 Å². The molecule has 0 aromatic carbocycles. The van der Waals surface area contributed by atoms with Crippen LogP contribution in [0.1, 0.15) is 91.4 Å². The summed E-state index contributed by atoms with van der Waals surface area (Å²) in [5, 5.41) is 0. The van der Waals surface area contributed by atoms with Crippen molar-refractivity contribution in [3.63, 3.8) is 0 Å². The van der Waals surface area contributed by atoms with Gasteiger partial charge in [0.05, 0.1) is 0 Å². The number of unbranched alkanes of at least 4 members (excludes halogenated alkanes) is 5. The van der Waals surface area contributed by atoms with E-state index in [1.165, 1.54) is 70.6 Å². The Balaban J connectivity index is 4.56. The van der Waals surface area contributed by atoms with Gasteiger partial charge < -0.3 is 4.90 Å². The van der Waals surface area contributed by atoms with Gasteiger partial charge in [-0.15, -0.1) is 6.58 Å². The summed E-state index contributed by atoms with van der Waals surface area (Å²) in [7, 11) is 4.51. The zero-order valence-electron chi connectivity index (χ0n) is 15.6. The quantitative estimate of drug-likeness (QED) is 0.263. The number of nitrogens with zero attached hydrogens (tertiary/aromatic N) is 1. The molecule has 0 N–H and O–H groups in total. The van der Waals surface area contributed by atoms with E-state index in [-0.39, 0.29) is 0 Å². The third kappa shape index (κ3) is 7.49. The van der Waals surface area contributed by atoms with Gasteiger partial charge >= 0.3 is 0 Å². The van der Waals surface area contributed by atoms with Crippen molar-refractivity contribution in [1.29, 1.82) is 0 Å². The van der Waals surface area contributed by atoms with Crippen LogP contribution in [0.4, 0.5) is 0 Å². The molecular formula is C20H41N. The number of hydrogen-bond donors (Lipinski definition) is 0. The minimum atomic E-state index is 0.316. The zero-order valence-corrected chi connectivity index (χ0v) is 15.6. The molecule has 0 aliphatic rings. The van der Waals surface area contributed by atoms with E-state index < -0.39 is 0 Å². The van der Waals surface area contributed by atoms with Crippen LogP contribution in [0.3, 0.4) is 0 Å². The van der Waals surface area contributed by atoms with Crippen LogP contribution in [0.15, 0.2) is 12.7 Å². The summed E-state index contributed by atoms with van der Waals surface area (Å²) in [6.45, 7) is 11.1. The fraction of sp³-hybridized carbons (Fsp3) is 0.900. The average Bonchev–Trinajstić information content (AvgIpc) is 2.46. The molecule has 0 aliphatic heterocycles. The second kappa shape index (κ2) is 12.3. The Bertz CT molecular complexity index is 238. The Labute approximate surface area is 135 Å². The Morgan fingerprint density at radius 3 is 1.81 bits per heavy atom. The molecular weight excluding hydrogens is 254 g/mol. The number of rotatable bonds is 14. The largest absolute Gasteiger partial charge is 0.306 e. The highest BCUT2D eigenvalue weighted by molar-refractivity contribution is 5.02. The van der Waals surface area contributed by atoms with E-state index in [0.29, 0.717) is 11.5 Å². The van der Waals surface area contributed by atoms with Crippen LogP contribution in [0.5, 0.6) is 0 Å². The lowest BCUT2D eigenvalue weighted by Crippen LogP contribution is -2.43. The maximum absolute atomic E-state index is 4.22. The first-order chi connectivity index (χ1) is 10.1. The first-order valence-electron chi connectivity index (χ1n) is 9.37. The van der Waals surface area contributed by atoms with Crippen molar-refractivity contribution in [2.75, 3.05) is 14.1 Å². The molecule has 0 aliphatic carbocycles. The lowest BCUT2D eigenvalue weighted by Gasteiger charge is -2.42. The van der Waals surface area contributed by atoms with E-state index in [9.17, 15) is 0 Å². The molecule has 1 nitrogen and oxygen atoms in total. The molecule has 0 heterocycles. The third-order valence-corrected chi connectivity index (χ3v) is 4.96. The van der Waals surface area contributed by atoms with Crippen molar-refractivity contribution in [3.05, 3.63) is 12.7 Å². The van der Waals surface area contributed by atoms with Gasteiger partial charge in [-0.2, -0.15) is 0 Å². The maximum atomic E-state index is 4.22. The van der Waals surface area contributed by atoms with Gasteiger partial charge in [0, 0.05) is 11.5 Å². The predicted molar refractivity (Wildman–Crippen MR) is 97.9 cm³/mol. The second-order valence-electron chi connectivity index (χ2n) is 6.97. The zero-order chi connectivity index (χ0) is 16.1. The van der Waals surface area contributed by atoms with Crippen molar-refractivity contribution in [1.82, 2.24) is 4.90 Å². The molecule has 126 valence electrons. The minimum Gasteiger partial charge on any atom is -0.306 e. The van der Waals surface area contributed by atoms with Gasteiger partial charge in [-0.3, -0.25) is 0 Å². The Hall–Kier alpha value is -0.300. The molecule has 0 aromatic rings. The molecule has 1 atom stereocenters. The molecule has 0 aromatic heterocycles. The summed E-state index contributed by atoms with van der Waals surface area (Å²) < 4.78 is 0. The molecule has 21 heavy (non-hydrogen) atoms. The molecule has 0 saturated heterocycles. The summed E-state index contributed by atoms with van der Waals surface area (Å²) in [6, 6.07) is 0.654. The Kier molecular flexibility index (Phi) is 12.1. The van der Waals surface area contributed by atoms with Crippen molar-refractivity contribution < 1.29 is 0 Å². The fourth-order valence-electron chi connectivity index (χ4n) is 3.91. The predicted octanol–water partition coefficient (Wildman–Crippen LogP) is 6.44. The number of hydrogen-bond acceptors (Lipinski definition) is 1. The van der Waals surface area contributed by atoms with Gasteiger partial charge in [-0.25, -0.2) is 0 Å². The van der Waals surface area contributed by atoms with Crippen LogP contribution < -0.4 is 0 Å². The lowest BCUT2D eigenvalue weighted by molar-refractivity contribution is 0.113. The minimum absolute atomic E-state index is 0.316. The fourth-order valence-corrected chi connectivity index (χ4v) is 3.91. The smallest absolute Gasteiger partial charge is 0.0180 e. The summed E-state index contributed by atoms with van der Waals surface area (Å²) in [6.07, 6.45) is 17.0. The SMILES string of the molecule is C=CC(CCC)(CCC)C(CCCCCCCC)N(C)C. The molecule has 1 unspecified atom stereocenters. The van der Waals surface area contributed by atoms with E-state index in [1.54, 1.807) is 0 Å². The van der Waals surface area contributed by atoms with Crippen LogP contribution in [0.2, 0.25) is 0 Å². The van der Waals surface area contributed by atoms with Gasteiger partial charge in [0.1, 0.15) is 0 Å². The average molecular weight is 296 g/mol. The van der Waals surface area contributed by atoms with Crippen LogP contribution in [-0.2, 0) is 0 Å². The van der Waals surface area contributed by atoms with Crippen molar-refractivity contribution in [3.8, 4) is 0 Å². The Morgan fingerprint density at radius 1 is 0.857 bits per heavy atom. The highest BCUT2D eigenvalue weighted by atomic mass is 15.1. The molecule has 0 fully saturated rings. The second-order valence-corrected chi connectivity index (χ2v) is 6.97. The van der Waals surface area contributed by atoms with Crippen LogP contribution >= 0.6 is 0 Å². The maximum Gasteiger partial charge on any atom is 0.0180 e. The van der Waals surface area contributed by atoms with Gasteiger partial charge in [0.2, 0.25) is 0 Å². The summed E-state index contributed by atoms with van der Waals surface area (Å²) >= 11 is 0. The van der Waals surface area contributed by atoms with Crippen LogP contribution in [0.25, 0.3) is 0 Å². The molecule has 0 rings (SSSR count). The molecule has 0 radical (unpaired) electrons. The van der Waals surface area contributed by atoms with E-state index >= 15 is 0 Å². The van der Waals surface area contributed by atoms with E-state index in [0.717, 1.165) is 0 Å². The normalized spacial score (nSPS) is 13.6. The standard InChI is InChI=1S/C20H41N/c1-7-11-12-13-14-15-16-19(21(5)6)20(10-4,17-8-2)18-9-3/h10,19H,4,7-9,11-18H2,1-3,5-6H3. The van der Waals surface area contributed by atoms with Gasteiger partial charge in [0.15, 0.2) is 0 Å². The summed E-state index contributed by atoms with van der Waals surface area (Å²) in [4.78, 5) is 2.46. The molecule has 0 bridgehead atoms. The van der Waals surface area contributed by atoms with Gasteiger partial charge in [-0.05, 0) is 33.4 Å². The van der Waals surface area contributed by atoms with E-state index in [4.69, 9.17) is 0 Å². The summed E-state index contributed by atoms with van der Waals surface area (Å²) in [5.41, 5.74) is 0.316. The van der Waals surface area contributed by atoms with E-state index in [2.05, 4.69) is 52.4 Å². The van der Waals surface area contributed by atoms with Gasteiger partial charge in [-0.1, -0.05) is 78.2 Å². The Morgan fingerprint density at radius 2 is 1.38 bits per heavy atom. The molecule has 0 saturated carbocycles. The van der Waals surface area contributed by atoms with Crippen molar-refractivity contribution >= 4 is 0 Å². The van der Waals surface area contributed by atoms with Crippen molar-refractivity contribution in [2.45, 2.75) is 97.4 Å². The first kappa shape index (κ1) is 20.7. The van der Waals surface area contributed by atoms with Crippen LogP contribution in [-0.4, -0.2) is 25.0 Å². The van der Waals surface area contributed by atoms with Crippen LogP contribution in [0, 0.1) is 5.41 Å². The van der Waals surface area contributed by atoms with Gasteiger partial charge in [0.25, 0.3) is 0 Å². The highest BCUT2D eigenvalue weighted by Crippen LogP contribution is 2.39.